The summed E-state index contributed by atoms with van der Waals surface area (Å²) in [5, 5.41) is 3.80. The number of hydrogen-bond acceptors (Lipinski definition) is 2. The maximum atomic E-state index is 5.73. The van der Waals surface area contributed by atoms with Gasteiger partial charge in [-0.15, -0.1) is 0 Å². The highest BCUT2D eigenvalue weighted by Crippen LogP contribution is 2.36. The second kappa shape index (κ2) is 5.22. The number of rotatable bonds is 3. The van der Waals surface area contributed by atoms with Gasteiger partial charge in [-0.05, 0) is 43.9 Å². The normalized spacial score (nSPS) is 24.9. The standard InChI is InChI=1S/C15H20BrNO/c1-10(11-3-2-4-11)17-14-7-8-18-15-6-5-12(16)9-13(14)15/h5-6,9-11,14,17H,2-4,7-8H2,1H3. The van der Waals surface area contributed by atoms with Gasteiger partial charge < -0.3 is 10.1 Å². The topological polar surface area (TPSA) is 21.3 Å². The SMILES string of the molecule is CC(NC1CCOc2ccc(Br)cc21)C1CCC1. The monoisotopic (exact) mass is 309 g/mol. The molecule has 1 heterocycles. The molecule has 0 aromatic heterocycles. The van der Waals surface area contributed by atoms with Crippen LogP contribution < -0.4 is 10.1 Å². The molecule has 1 aromatic carbocycles. The van der Waals surface area contributed by atoms with Crippen molar-refractivity contribution in [3.63, 3.8) is 0 Å². The number of fused-ring (bicyclic) bond motifs is 1. The van der Waals surface area contributed by atoms with Gasteiger partial charge in [0.1, 0.15) is 5.75 Å². The molecule has 0 saturated heterocycles. The van der Waals surface area contributed by atoms with Crippen molar-refractivity contribution in [2.75, 3.05) is 6.61 Å². The maximum Gasteiger partial charge on any atom is 0.124 e. The molecule has 0 spiro atoms. The van der Waals surface area contributed by atoms with E-state index in [9.17, 15) is 0 Å². The molecule has 0 radical (unpaired) electrons. The molecule has 2 nitrogen and oxygen atoms in total. The number of halogens is 1. The van der Waals surface area contributed by atoms with E-state index in [1.54, 1.807) is 0 Å². The Kier molecular flexibility index (Phi) is 3.62. The summed E-state index contributed by atoms with van der Waals surface area (Å²) in [4.78, 5) is 0. The van der Waals surface area contributed by atoms with E-state index in [2.05, 4.69) is 46.4 Å². The fraction of sp³-hybridized carbons (Fsp3) is 0.600. The molecule has 0 amide bonds. The molecule has 98 valence electrons. The van der Waals surface area contributed by atoms with Crippen LogP contribution in [0.4, 0.5) is 0 Å². The summed E-state index contributed by atoms with van der Waals surface area (Å²) in [6.07, 6.45) is 5.26. The van der Waals surface area contributed by atoms with Crippen LogP contribution in [0.5, 0.6) is 5.75 Å². The van der Waals surface area contributed by atoms with E-state index in [0.717, 1.165) is 29.2 Å². The summed E-state index contributed by atoms with van der Waals surface area (Å²) >= 11 is 3.55. The van der Waals surface area contributed by atoms with Crippen LogP contribution in [0, 0.1) is 5.92 Å². The lowest BCUT2D eigenvalue weighted by Crippen LogP contribution is -2.40. The fourth-order valence-corrected chi connectivity index (χ4v) is 3.31. The van der Waals surface area contributed by atoms with Crippen LogP contribution in [0.25, 0.3) is 0 Å². The van der Waals surface area contributed by atoms with Crippen molar-refractivity contribution in [3.05, 3.63) is 28.2 Å². The average molecular weight is 310 g/mol. The van der Waals surface area contributed by atoms with Crippen molar-refractivity contribution in [3.8, 4) is 5.75 Å². The third kappa shape index (κ3) is 2.43. The number of benzene rings is 1. The Bertz CT molecular complexity index is 431. The van der Waals surface area contributed by atoms with Gasteiger partial charge in [-0.1, -0.05) is 22.4 Å². The lowest BCUT2D eigenvalue weighted by Gasteiger charge is -2.36. The average Bonchev–Trinajstić information content (AvgIpc) is 2.27. The van der Waals surface area contributed by atoms with E-state index in [1.165, 1.54) is 24.8 Å². The zero-order valence-corrected chi connectivity index (χ0v) is 12.4. The van der Waals surface area contributed by atoms with Crippen molar-refractivity contribution in [1.29, 1.82) is 0 Å². The Morgan fingerprint density at radius 1 is 1.33 bits per heavy atom. The highest BCUT2D eigenvalue weighted by Gasteiger charge is 2.28. The van der Waals surface area contributed by atoms with Gasteiger partial charge in [0.25, 0.3) is 0 Å². The first kappa shape index (κ1) is 12.5. The minimum Gasteiger partial charge on any atom is -0.493 e. The molecule has 1 fully saturated rings. The first-order chi connectivity index (χ1) is 8.74. The summed E-state index contributed by atoms with van der Waals surface area (Å²) in [7, 11) is 0. The zero-order valence-electron chi connectivity index (χ0n) is 10.8. The summed E-state index contributed by atoms with van der Waals surface area (Å²) in [5.41, 5.74) is 1.31. The molecular weight excluding hydrogens is 290 g/mol. The predicted octanol–water partition coefficient (Wildman–Crippen LogP) is 4.05. The molecule has 1 aliphatic carbocycles. The van der Waals surface area contributed by atoms with Gasteiger partial charge in [-0.25, -0.2) is 0 Å². The number of nitrogens with one attached hydrogen (secondary N) is 1. The third-order valence-corrected chi connectivity index (χ3v) is 4.83. The highest BCUT2D eigenvalue weighted by molar-refractivity contribution is 9.10. The van der Waals surface area contributed by atoms with Crippen LogP contribution in [0.1, 0.15) is 44.2 Å². The van der Waals surface area contributed by atoms with Crippen LogP contribution in [0.15, 0.2) is 22.7 Å². The Balaban J connectivity index is 1.75. The summed E-state index contributed by atoms with van der Waals surface area (Å²) in [5.74, 6) is 1.92. The van der Waals surface area contributed by atoms with Crippen LogP contribution in [0.3, 0.4) is 0 Å². The molecular formula is C15H20BrNO. The van der Waals surface area contributed by atoms with Crippen molar-refractivity contribution in [1.82, 2.24) is 5.32 Å². The quantitative estimate of drug-likeness (QED) is 0.909. The lowest BCUT2D eigenvalue weighted by atomic mass is 9.80. The summed E-state index contributed by atoms with van der Waals surface area (Å²) in [6, 6.07) is 7.38. The second-order valence-corrected chi connectivity index (χ2v) is 6.43. The number of hydrogen-bond donors (Lipinski definition) is 1. The molecule has 2 atom stereocenters. The van der Waals surface area contributed by atoms with Crippen molar-refractivity contribution >= 4 is 15.9 Å². The highest BCUT2D eigenvalue weighted by atomic mass is 79.9. The molecule has 1 N–H and O–H groups in total. The summed E-state index contributed by atoms with van der Waals surface area (Å²) < 4.78 is 6.86. The van der Waals surface area contributed by atoms with Gasteiger partial charge in [-0.2, -0.15) is 0 Å². The van der Waals surface area contributed by atoms with E-state index in [0.29, 0.717) is 12.1 Å². The molecule has 1 aliphatic heterocycles. The Morgan fingerprint density at radius 3 is 2.89 bits per heavy atom. The molecule has 0 bridgehead atoms. The van der Waals surface area contributed by atoms with Crippen molar-refractivity contribution < 1.29 is 4.74 Å². The van der Waals surface area contributed by atoms with E-state index in [1.807, 2.05) is 0 Å². The first-order valence-corrected chi connectivity index (χ1v) is 7.71. The fourth-order valence-electron chi connectivity index (χ4n) is 2.93. The smallest absolute Gasteiger partial charge is 0.124 e. The Morgan fingerprint density at radius 2 is 2.17 bits per heavy atom. The molecule has 2 unspecified atom stereocenters. The van der Waals surface area contributed by atoms with Crippen LogP contribution in [-0.2, 0) is 0 Å². The summed E-state index contributed by atoms with van der Waals surface area (Å²) in [6.45, 7) is 3.15. The predicted molar refractivity (Wildman–Crippen MR) is 76.9 cm³/mol. The Hall–Kier alpha value is -0.540. The third-order valence-electron chi connectivity index (χ3n) is 4.33. The zero-order chi connectivity index (χ0) is 12.5. The molecule has 1 saturated carbocycles. The van der Waals surface area contributed by atoms with Crippen LogP contribution in [0.2, 0.25) is 0 Å². The van der Waals surface area contributed by atoms with E-state index >= 15 is 0 Å². The lowest BCUT2D eigenvalue weighted by molar-refractivity contribution is 0.197. The van der Waals surface area contributed by atoms with Gasteiger partial charge in [-0.3, -0.25) is 0 Å². The van der Waals surface area contributed by atoms with Gasteiger partial charge in [0.15, 0.2) is 0 Å². The molecule has 18 heavy (non-hydrogen) atoms. The van der Waals surface area contributed by atoms with Gasteiger partial charge >= 0.3 is 0 Å². The maximum absolute atomic E-state index is 5.73. The number of ether oxygens (including phenoxy) is 1. The van der Waals surface area contributed by atoms with E-state index < -0.39 is 0 Å². The minimum atomic E-state index is 0.446. The molecule has 1 aromatic rings. The van der Waals surface area contributed by atoms with Gasteiger partial charge in [0.2, 0.25) is 0 Å². The van der Waals surface area contributed by atoms with Crippen LogP contribution in [-0.4, -0.2) is 12.6 Å². The van der Waals surface area contributed by atoms with E-state index in [-0.39, 0.29) is 0 Å². The molecule has 2 aliphatic rings. The van der Waals surface area contributed by atoms with E-state index in [4.69, 9.17) is 4.74 Å². The Labute approximate surface area is 117 Å². The molecule has 3 heteroatoms. The first-order valence-electron chi connectivity index (χ1n) is 6.92. The van der Waals surface area contributed by atoms with Crippen LogP contribution >= 0.6 is 15.9 Å². The van der Waals surface area contributed by atoms with Gasteiger partial charge in [0, 0.05) is 28.5 Å². The van der Waals surface area contributed by atoms with Gasteiger partial charge in [0.05, 0.1) is 6.61 Å². The van der Waals surface area contributed by atoms with Crippen molar-refractivity contribution in [2.45, 2.75) is 44.7 Å². The largest absolute Gasteiger partial charge is 0.493 e. The molecule has 3 rings (SSSR count). The second-order valence-electron chi connectivity index (χ2n) is 5.52. The van der Waals surface area contributed by atoms with Crippen molar-refractivity contribution in [2.24, 2.45) is 5.92 Å². The minimum absolute atomic E-state index is 0.446.